The summed E-state index contributed by atoms with van der Waals surface area (Å²) >= 11 is 0. The molecule has 0 bridgehead atoms. The summed E-state index contributed by atoms with van der Waals surface area (Å²) in [6.07, 6.45) is 9.85. The van der Waals surface area contributed by atoms with Gasteiger partial charge in [-0.15, -0.1) is 0 Å². The lowest BCUT2D eigenvalue weighted by atomic mass is 9.97. The number of H-pyrrole nitrogens is 3. The van der Waals surface area contributed by atoms with Gasteiger partial charge >= 0.3 is 6.09 Å². The SMILES string of the molecule is CCN(Cc1cncc(-c2ccc3c(c2)c(-c2nc(-c4ccccc4)c(C(=O)NCC(C)C)[nH]2)nn3C2CCCCO2)c1C)C(=O)OC(C)(C)C.CCNCc1cncc(-c2ccc3[nH]nc(-c4nc(-c5ccccc5)c(C(=O)NCC(C)C)[nH]4)c3c2)c1C. The van der Waals surface area contributed by atoms with Crippen molar-refractivity contribution in [3.63, 3.8) is 0 Å². The van der Waals surface area contributed by atoms with E-state index < -0.39 is 5.60 Å². The minimum Gasteiger partial charge on any atom is -0.444 e. The second-order valence-corrected chi connectivity index (χ2v) is 24.5. The molecule has 89 heavy (non-hydrogen) atoms. The third-order valence-electron chi connectivity index (χ3n) is 15.7. The van der Waals surface area contributed by atoms with Crippen molar-refractivity contribution < 1.29 is 23.9 Å². The molecule has 1 atom stereocenters. The maximum absolute atomic E-state index is 13.6. The number of pyridine rings is 2. The van der Waals surface area contributed by atoms with Crippen molar-refractivity contribution in [2.45, 2.75) is 120 Å². The molecule has 10 aromatic rings. The number of imidazole rings is 2. The van der Waals surface area contributed by atoms with Crippen molar-refractivity contribution in [2.75, 3.05) is 32.8 Å². The molecule has 19 nitrogen and oxygen atoms in total. The maximum atomic E-state index is 13.6. The Morgan fingerprint density at radius 3 is 1.80 bits per heavy atom. The quantitative estimate of drug-likeness (QED) is 0.0443. The Hall–Kier alpha value is -9.33. The van der Waals surface area contributed by atoms with E-state index in [0.29, 0.717) is 90.4 Å². The molecule has 7 heterocycles. The first-order valence-corrected chi connectivity index (χ1v) is 31.0. The van der Waals surface area contributed by atoms with Gasteiger partial charge in [0.2, 0.25) is 0 Å². The molecule has 6 aromatic heterocycles. The fourth-order valence-electron chi connectivity index (χ4n) is 10.8. The van der Waals surface area contributed by atoms with Gasteiger partial charge in [-0.05, 0) is 137 Å². The van der Waals surface area contributed by atoms with Crippen molar-refractivity contribution in [3.05, 3.63) is 155 Å². The number of rotatable bonds is 19. The van der Waals surface area contributed by atoms with Crippen molar-refractivity contribution in [2.24, 2.45) is 11.8 Å². The summed E-state index contributed by atoms with van der Waals surface area (Å²) in [6, 6.07) is 31.9. The zero-order valence-electron chi connectivity index (χ0n) is 53.0. The van der Waals surface area contributed by atoms with Crippen molar-refractivity contribution >= 4 is 39.7 Å². The number of hydrogen-bond acceptors (Lipinski definition) is 12. The third kappa shape index (κ3) is 14.5. The lowest BCUT2D eigenvalue weighted by molar-refractivity contribution is -0.0365. The average Bonchev–Trinajstić information content (AvgIpc) is 2.62. The third-order valence-corrected chi connectivity index (χ3v) is 15.7. The largest absolute Gasteiger partial charge is 0.444 e. The second kappa shape index (κ2) is 27.8. The topological polar surface area (TPSA) is 239 Å². The molecular weight excluding hydrogens is 1120 g/mol. The molecular formula is C70H82N14O5. The molecule has 1 saturated heterocycles. The zero-order chi connectivity index (χ0) is 62.9. The lowest BCUT2D eigenvalue weighted by Crippen LogP contribution is -2.36. The number of ether oxygens (including phenoxy) is 2. The van der Waals surface area contributed by atoms with Crippen LogP contribution in [-0.4, -0.2) is 111 Å². The van der Waals surface area contributed by atoms with Gasteiger partial charge in [-0.2, -0.15) is 10.2 Å². The smallest absolute Gasteiger partial charge is 0.410 e. The zero-order valence-corrected chi connectivity index (χ0v) is 53.0. The van der Waals surface area contributed by atoms with Gasteiger partial charge in [0.05, 0.1) is 17.6 Å². The highest BCUT2D eigenvalue weighted by molar-refractivity contribution is 6.02. The minimum atomic E-state index is -0.589. The number of hydrogen-bond donors (Lipinski definition) is 6. The van der Waals surface area contributed by atoms with Gasteiger partial charge in [0.25, 0.3) is 11.8 Å². The Kier molecular flexibility index (Phi) is 19.6. The number of nitrogens with zero attached hydrogens (tertiary/aromatic N) is 8. The fraction of sp³-hybridized carbons (Fsp3) is 0.357. The summed E-state index contributed by atoms with van der Waals surface area (Å²) in [5.41, 5.74) is 14.5. The van der Waals surface area contributed by atoms with Crippen LogP contribution in [0.2, 0.25) is 0 Å². The van der Waals surface area contributed by atoms with E-state index in [0.717, 1.165) is 98.7 Å². The Labute approximate surface area is 520 Å². The number of carbonyl (C=O) groups is 3. The van der Waals surface area contributed by atoms with Gasteiger partial charge in [-0.1, -0.05) is 107 Å². The van der Waals surface area contributed by atoms with Crippen LogP contribution in [0.15, 0.2) is 122 Å². The molecule has 462 valence electrons. The molecule has 6 N–H and O–H groups in total. The van der Waals surface area contributed by atoms with Crippen LogP contribution in [0, 0.1) is 25.7 Å². The molecule has 0 spiro atoms. The number of nitrogens with one attached hydrogen (secondary N) is 6. The van der Waals surface area contributed by atoms with E-state index in [9.17, 15) is 14.4 Å². The van der Waals surface area contributed by atoms with Crippen molar-refractivity contribution in [1.29, 1.82) is 0 Å². The molecule has 4 aromatic carbocycles. The summed E-state index contributed by atoms with van der Waals surface area (Å²) in [6.45, 7) is 26.4. The van der Waals surface area contributed by atoms with Gasteiger partial charge in [0.15, 0.2) is 17.9 Å². The van der Waals surface area contributed by atoms with Crippen molar-refractivity contribution in [1.82, 2.24) is 70.7 Å². The number of benzene rings is 4. The summed E-state index contributed by atoms with van der Waals surface area (Å²) in [5, 5.41) is 24.1. The number of amides is 3. The van der Waals surface area contributed by atoms with E-state index in [4.69, 9.17) is 24.5 Å². The first kappa shape index (κ1) is 62.7. The van der Waals surface area contributed by atoms with E-state index in [2.05, 4.69) is 125 Å². The molecule has 1 aliphatic rings. The molecule has 0 radical (unpaired) electrons. The maximum Gasteiger partial charge on any atom is 0.410 e. The monoisotopic (exact) mass is 1200 g/mol. The van der Waals surface area contributed by atoms with E-state index >= 15 is 0 Å². The van der Waals surface area contributed by atoms with Crippen molar-refractivity contribution in [3.8, 4) is 67.8 Å². The molecule has 19 heteroatoms. The second-order valence-electron chi connectivity index (χ2n) is 24.5. The van der Waals surface area contributed by atoms with Gasteiger partial charge in [-0.25, -0.2) is 19.4 Å². The van der Waals surface area contributed by atoms with Crippen LogP contribution in [-0.2, 0) is 22.6 Å². The first-order valence-electron chi connectivity index (χ1n) is 31.0. The highest BCUT2D eigenvalue weighted by Crippen LogP contribution is 2.38. The molecule has 0 saturated carbocycles. The fourth-order valence-corrected chi connectivity index (χ4v) is 10.8. The normalized spacial score (nSPS) is 13.4. The van der Waals surface area contributed by atoms with Crippen LogP contribution >= 0.6 is 0 Å². The van der Waals surface area contributed by atoms with Gasteiger partial charge in [-0.3, -0.25) is 24.7 Å². The lowest BCUT2D eigenvalue weighted by Gasteiger charge is -2.27. The van der Waals surface area contributed by atoms with Gasteiger partial charge in [0.1, 0.15) is 39.8 Å². The number of aromatic nitrogens is 10. The van der Waals surface area contributed by atoms with Crippen LogP contribution in [0.5, 0.6) is 0 Å². The minimum absolute atomic E-state index is 0.184. The van der Waals surface area contributed by atoms with Crippen LogP contribution in [0.3, 0.4) is 0 Å². The Morgan fingerprint density at radius 1 is 0.685 bits per heavy atom. The highest BCUT2D eigenvalue weighted by atomic mass is 16.6. The summed E-state index contributed by atoms with van der Waals surface area (Å²) < 4.78 is 13.8. The average molecular weight is 1200 g/mol. The molecule has 11 rings (SSSR count). The Morgan fingerprint density at radius 2 is 1.25 bits per heavy atom. The standard InChI is InChI=1S/C40H49N7O4.C30H33N7O/c1-8-46(39(49)51-40(5,6)7)24-29-22-41-23-31(26(29)4)28-17-18-32-30(20-28)35(45-47(32)33-16-12-13-19-50-33)37-43-34(27-14-10-9-11-15-27)36(44-37)38(48)42-21-25(2)3;1-5-31-15-22-16-32-17-24(19(22)4)21-11-12-25-23(13-21)27(37-36-25)29-34-26(20-9-7-6-8-10-20)28(35-29)30(38)33-14-18(2)3/h9-11,14-15,17-18,20,22-23,25,33H,8,12-13,16,19,21,24H2,1-7H3,(H,42,48)(H,43,44);6-13,16-18,31H,5,14-15H2,1-4H3,(H,33,38)(H,34,35)(H,36,37). The van der Waals surface area contributed by atoms with Gasteiger partial charge in [0, 0.05) is 90.6 Å². The molecule has 3 amide bonds. The van der Waals surface area contributed by atoms with E-state index in [1.807, 2.05) is 124 Å². The number of carbonyl (C=O) groups excluding carboxylic acids is 3. The van der Waals surface area contributed by atoms with Crippen LogP contribution < -0.4 is 16.0 Å². The Balaban J connectivity index is 0.000000205. The predicted octanol–water partition coefficient (Wildman–Crippen LogP) is 13.8. The molecule has 0 aliphatic carbocycles. The van der Waals surface area contributed by atoms with E-state index in [1.54, 1.807) is 4.90 Å². The first-order chi connectivity index (χ1) is 42.9. The molecule has 1 fully saturated rings. The van der Waals surface area contributed by atoms with Crippen LogP contribution in [0.1, 0.15) is 131 Å². The predicted molar refractivity (Wildman–Crippen MR) is 351 cm³/mol. The summed E-state index contributed by atoms with van der Waals surface area (Å²) in [7, 11) is 0. The number of fused-ring (bicyclic) bond motifs is 2. The van der Waals surface area contributed by atoms with E-state index in [-0.39, 0.29) is 24.1 Å². The number of aromatic amines is 3. The van der Waals surface area contributed by atoms with E-state index in [1.165, 1.54) is 11.1 Å². The molecule has 1 unspecified atom stereocenters. The Bertz CT molecular complexity index is 4090. The van der Waals surface area contributed by atoms with Crippen LogP contribution in [0.25, 0.3) is 89.6 Å². The summed E-state index contributed by atoms with van der Waals surface area (Å²) in [4.78, 5) is 67.0. The molecule has 1 aliphatic heterocycles. The summed E-state index contributed by atoms with van der Waals surface area (Å²) in [5.74, 6) is 1.27. The van der Waals surface area contributed by atoms with Crippen LogP contribution in [0.4, 0.5) is 4.79 Å². The highest BCUT2D eigenvalue weighted by Gasteiger charge is 2.29. The van der Waals surface area contributed by atoms with Gasteiger partial charge < -0.3 is 40.3 Å².